The molecule has 2 heterocycles. The average molecular weight is 322 g/mol. The molecule has 22 heavy (non-hydrogen) atoms. The number of primary amides is 1. The lowest BCUT2D eigenvalue weighted by molar-refractivity contribution is -0.753. The first-order chi connectivity index (χ1) is 10.3. The van der Waals surface area contributed by atoms with Crippen LogP contribution in [-0.2, 0) is 16.7 Å². The predicted octanol–water partition coefficient (Wildman–Crippen LogP) is -0.535. The zero-order valence-electron chi connectivity index (χ0n) is 11.5. The van der Waals surface area contributed by atoms with Crippen molar-refractivity contribution in [2.24, 2.45) is 5.73 Å². The standard InChI is InChI=1S/C13H14N4O4S/c14-13(18)11-2-3-12(15-8-11)10-4-6-17(16-9-10)5-1-7-22(19,20)21/h2-4,6,8-9H,1,5,7H2,(H2-,14,18,19,20,21). The highest BCUT2D eigenvalue weighted by atomic mass is 32.2. The topological polar surface area (TPSA) is 130 Å². The van der Waals surface area contributed by atoms with Crippen molar-refractivity contribution in [3.63, 3.8) is 0 Å². The summed E-state index contributed by atoms with van der Waals surface area (Å²) in [5, 5.41) is 4.12. The summed E-state index contributed by atoms with van der Waals surface area (Å²) in [6.45, 7) is 0.329. The quantitative estimate of drug-likeness (QED) is 0.562. The normalized spacial score (nSPS) is 11.3. The van der Waals surface area contributed by atoms with Crippen LogP contribution in [0.4, 0.5) is 0 Å². The van der Waals surface area contributed by atoms with Crippen molar-refractivity contribution in [1.82, 2.24) is 10.1 Å². The minimum atomic E-state index is -4.20. The number of carbonyl (C=O) groups excluding carboxylic acids is 1. The highest BCUT2D eigenvalue weighted by Crippen LogP contribution is 2.14. The Balaban J connectivity index is 2.03. The van der Waals surface area contributed by atoms with Gasteiger partial charge in [0.1, 0.15) is 6.20 Å². The number of hydrogen-bond acceptors (Lipinski definition) is 6. The maximum atomic E-state index is 11.0. The largest absolute Gasteiger partial charge is 0.748 e. The first-order valence-corrected chi connectivity index (χ1v) is 7.98. The van der Waals surface area contributed by atoms with Gasteiger partial charge in [-0.1, -0.05) is 4.68 Å². The predicted molar refractivity (Wildman–Crippen MR) is 75.4 cm³/mol. The van der Waals surface area contributed by atoms with Gasteiger partial charge in [-0.25, -0.2) is 8.42 Å². The van der Waals surface area contributed by atoms with E-state index in [4.69, 9.17) is 5.73 Å². The molecule has 2 rings (SSSR count). The molecule has 0 spiro atoms. The van der Waals surface area contributed by atoms with Gasteiger partial charge in [0.05, 0.1) is 21.4 Å². The molecule has 0 radical (unpaired) electrons. The third-order valence-electron chi connectivity index (χ3n) is 2.90. The van der Waals surface area contributed by atoms with Crippen molar-refractivity contribution in [2.75, 3.05) is 5.75 Å². The molecule has 0 aliphatic rings. The van der Waals surface area contributed by atoms with Crippen LogP contribution < -0.4 is 10.4 Å². The van der Waals surface area contributed by atoms with E-state index in [1.165, 1.54) is 10.9 Å². The van der Waals surface area contributed by atoms with Gasteiger partial charge >= 0.3 is 0 Å². The van der Waals surface area contributed by atoms with Gasteiger partial charge in [-0.3, -0.25) is 9.78 Å². The summed E-state index contributed by atoms with van der Waals surface area (Å²) in [5.41, 5.74) is 6.83. The molecule has 116 valence electrons. The number of hydrogen-bond donors (Lipinski definition) is 1. The van der Waals surface area contributed by atoms with Gasteiger partial charge in [0.2, 0.25) is 5.91 Å². The smallest absolute Gasteiger partial charge is 0.250 e. The molecule has 0 atom stereocenters. The van der Waals surface area contributed by atoms with Crippen LogP contribution in [-0.4, -0.2) is 34.7 Å². The summed E-state index contributed by atoms with van der Waals surface area (Å²) in [6, 6.07) is 4.99. The molecule has 2 aromatic rings. The van der Waals surface area contributed by atoms with E-state index in [0.717, 1.165) is 5.56 Å². The summed E-state index contributed by atoms with van der Waals surface area (Å²) in [7, 11) is -4.20. The fourth-order valence-electron chi connectivity index (χ4n) is 1.78. The van der Waals surface area contributed by atoms with Crippen LogP contribution in [0.1, 0.15) is 16.8 Å². The fraction of sp³-hybridized carbons (Fsp3) is 0.231. The average Bonchev–Trinajstić information content (AvgIpc) is 2.47. The number of nitrogens with two attached hydrogens (primary N) is 1. The van der Waals surface area contributed by atoms with Crippen LogP contribution in [0, 0.1) is 0 Å². The van der Waals surface area contributed by atoms with Crippen molar-refractivity contribution in [2.45, 2.75) is 13.0 Å². The Kier molecular flexibility index (Phi) is 4.78. The SMILES string of the molecule is NC(=O)c1ccc(-c2cc[n+](CCCS(=O)(=O)[O-])nc2)nc1. The van der Waals surface area contributed by atoms with Crippen LogP contribution in [0.2, 0.25) is 0 Å². The molecule has 9 heteroatoms. The second-order valence-electron chi connectivity index (χ2n) is 4.59. The van der Waals surface area contributed by atoms with Crippen molar-refractivity contribution >= 4 is 16.0 Å². The molecule has 0 saturated carbocycles. The Labute approximate surface area is 127 Å². The summed E-state index contributed by atoms with van der Waals surface area (Å²) in [4.78, 5) is 15.1. The minimum Gasteiger partial charge on any atom is -0.748 e. The van der Waals surface area contributed by atoms with Gasteiger partial charge < -0.3 is 10.3 Å². The molecule has 0 aromatic carbocycles. The number of rotatable bonds is 6. The van der Waals surface area contributed by atoms with Gasteiger partial charge in [0, 0.05) is 30.0 Å². The van der Waals surface area contributed by atoms with Gasteiger partial charge in [-0.2, -0.15) is 0 Å². The Morgan fingerprint density at radius 1 is 1.27 bits per heavy atom. The summed E-state index contributed by atoms with van der Waals surface area (Å²) in [6.07, 6.45) is 4.82. The van der Waals surface area contributed by atoms with Crippen molar-refractivity contribution < 1.29 is 22.4 Å². The maximum absolute atomic E-state index is 11.0. The molecule has 1 amide bonds. The maximum Gasteiger partial charge on any atom is 0.250 e. The fourth-order valence-corrected chi connectivity index (χ4v) is 2.26. The van der Waals surface area contributed by atoms with E-state index in [9.17, 15) is 17.8 Å². The van der Waals surface area contributed by atoms with Gasteiger partial charge in [-0.15, -0.1) is 0 Å². The van der Waals surface area contributed by atoms with Crippen LogP contribution in [0.25, 0.3) is 11.3 Å². The van der Waals surface area contributed by atoms with E-state index in [-0.39, 0.29) is 6.42 Å². The van der Waals surface area contributed by atoms with E-state index in [1.807, 2.05) is 0 Å². The molecule has 0 bridgehead atoms. The summed E-state index contributed by atoms with van der Waals surface area (Å²) in [5.74, 6) is -0.962. The monoisotopic (exact) mass is 322 g/mol. The van der Waals surface area contributed by atoms with E-state index in [0.29, 0.717) is 17.8 Å². The number of aryl methyl sites for hydroxylation is 1. The van der Waals surface area contributed by atoms with Crippen LogP contribution >= 0.6 is 0 Å². The molecule has 0 aliphatic heterocycles. The third kappa shape index (κ3) is 4.57. The molecule has 0 unspecified atom stereocenters. The molecule has 0 fully saturated rings. The van der Waals surface area contributed by atoms with Gasteiger partial charge in [0.15, 0.2) is 12.7 Å². The molecule has 2 aromatic heterocycles. The van der Waals surface area contributed by atoms with Crippen molar-refractivity contribution in [3.8, 4) is 11.3 Å². The van der Waals surface area contributed by atoms with Crippen molar-refractivity contribution in [3.05, 3.63) is 42.4 Å². The second-order valence-corrected chi connectivity index (χ2v) is 6.11. The number of pyridine rings is 1. The Hall–Kier alpha value is -2.39. The van der Waals surface area contributed by atoms with E-state index >= 15 is 0 Å². The van der Waals surface area contributed by atoms with Gasteiger partial charge in [-0.05, 0) is 17.2 Å². The van der Waals surface area contributed by atoms with E-state index < -0.39 is 21.8 Å². The molecule has 2 N–H and O–H groups in total. The summed E-state index contributed by atoms with van der Waals surface area (Å²) >= 11 is 0. The number of amides is 1. The zero-order valence-corrected chi connectivity index (χ0v) is 12.4. The third-order valence-corrected chi connectivity index (χ3v) is 3.69. The van der Waals surface area contributed by atoms with Crippen molar-refractivity contribution in [1.29, 1.82) is 0 Å². The Morgan fingerprint density at radius 2 is 2.05 bits per heavy atom. The zero-order chi connectivity index (χ0) is 16.2. The lowest BCUT2D eigenvalue weighted by Crippen LogP contribution is -2.38. The number of aromatic nitrogens is 3. The minimum absolute atomic E-state index is 0.203. The molecule has 8 nitrogen and oxygen atoms in total. The molecule has 0 aliphatic carbocycles. The molecule has 0 saturated heterocycles. The Morgan fingerprint density at radius 3 is 2.55 bits per heavy atom. The molecular weight excluding hydrogens is 308 g/mol. The molecular formula is C13H14N4O4S. The Bertz CT molecular complexity index is 758. The van der Waals surface area contributed by atoms with E-state index in [1.54, 1.807) is 30.6 Å². The number of carbonyl (C=O) groups is 1. The first-order valence-electron chi connectivity index (χ1n) is 6.41. The van der Waals surface area contributed by atoms with Gasteiger partial charge in [0.25, 0.3) is 0 Å². The van der Waals surface area contributed by atoms with Crippen LogP contribution in [0.3, 0.4) is 0 Å². The van der Waals surface area contributed by atoms with Crippen LogP contribution in [0.15, 0.2) is 36.8 Å². The highest BCUT2D eigenvalue weighted by Gasteiger charge is 2.08. The number of nitrogens with zero attached hydrogens (tertiary/aromatic N) is 3. The highest BCUT2D eigenvalue weighted by molar-refractivity contribution is 7.85. The van der Waals surface area contributed by atoms with Crippen LogP contribution in [0.5, 0.6) is 0 Å². The second kappa shape index (κ2) is 6.58. The lowest BCUT2D eigenvalue weighted by atomic mass is 10.2. The van der Waals surface area contributed by atoms with E-state index in [2.05, 4.69) is 10.1 Å². The summed E-state index contributed by atoms with van der Waals surface area (Å²) < 4.78 is 33.1. The first kappa shape index (κ1) is 16.0. The lowest BCUT2D eigenvalue weighted by Gasteiger charge is -2.03.